The summed E-state index contributed by atoms with van der Waals surface area (Å²) in [5.74, 6) is 1.91. The molecule has 0 spiro atoms. The fourth-order valence-corrected chi connectivity index (χ4v) is 5.30. The van der Waals surface area contributed by atoms with Crippen molar-refractivity contribution in [2.24, 2.45) is 5.92 Å². The molecule has 4 rings (SSSR count). The van der Waals surface area contributed by atoms with Gasteiger partial charge in [0.05, 0.1) is 7.11 Å². The molecule has 0 unspecified atom stereocenters. The molecule has 4 heteroatoms. The smallest absolute Gasteiger partial charge is 0.290 e. The Kier molecular flexibility index (Phi) is 4.62. The molecule has 3 aliphatic rings. The molecular formula is C19H27NO3. The molecular weight excluding hydrogens is 290 g/mol. The van der Waals surface area contributed by atoms with Crippen molar-refractivity contribution in [1.82, 2.24) is 4.90 Å². The molecule has 1 heterocycles. The number of hydrogen-bond donors (Lipinski definition) is 1. The topological polar surface area (TPSA) is 49.8 Å². The average Bonchev–Trinajstić information content (AvgIpc) is 2.58. The van der Waals surface area contributed by atoms with E-state index in [1.54, 1.807) is 18.2 Å². The highest BCUT2D eigenvalue weighted by atomic mass is 16.5. The van der Waals surface area contributed by atoms with Crippen molar-refractivity contribution in [2.75, 3.05) is 20.7 Å². The second-order valence-corrected chi connectivity index (χ2v) is 7.14. The van der Waals surface area contributed by atoms with Crippen molar-refractivity contribution in [3.63, 3.8) is 0 Å². The zero-order valence-corrected chi connectivity index (χ0v) is 14.1. The minimum absolute atomic E-state index is 0.250. The zero-order chi connectivity index (χ0) is 16.4. The molecule has 1 N–H and O–H groups in total. The Morgan fingerprint density at radius 3 is 2.87 bits per heavy atom. The number of fused-ring (bicyclic) bond motifs is 1. The molecule has 2 bridgehead atoms. The lowest BCUT2D eigenvalue weighted by Crippen LogP contribution is -2.59. The van der Waals surface area contributed by atoms with Gasteiger partial charge in [-0.15, -0.1) is 0 Å². The van der Waals surface area contributed by atoms with Crippen molar-refractivity contribution in [2.45, 2.75) is 50.0 Å². The Morgan fingerprint density at radius 1 is 1.35 bits per heavy atom. The Bertz CT molecular complexity index is 574. The number of nitrogens with zero attached hydrogens (tertiary/aromatic N) is 1. The van der Waals surface area contributed by atoms with E-state index in [4.69, 9.17) is 14.6 Å². The number of hydrogen-bond acceptors (Lipinski definition) is 3. The van der Waals surface area contributed by atoms with Crippen molar-refractivity contribution < 1.29 is 14.6 Å². The molecule has 3 atom stereocenters. The Labute approximate surface area is 138 Å². The maximum absolute atomic E-state index is 8.36. The zero-order valence-electron chi connectivity index (χ0n) is 14.1. The van der Waals surface area contributed by atoms with Crippen LogP contribution in [0.25, 0.3) is 0 Å². The quantitative estimate of drug-likeness (QED) is 0.809. The lowest BCUT2D eigenvalue weighted by Gasteiger charge is -2.58. The fourth-order valence-electron chi connectivity index (χ4n) is 5.30. The van der Waals surface area contributed by atoms with Crippen LogP contribution in [0.2, 0.25) is 0 Å². The van der Waals surface area contributed by atoms with Gasteiger partial charge in [0, 0.05) is 11.5 Å². The van der Waals surface area contributed by atoms with Gasteiger partial charge >= 0.3 is 0 Å². The van der Waals surface area contributed by atoms with Crippen LogP contribution in [-0.4, -0.2) is 43.2 Å². The van der Waals surface area contributed by atoms with E-state index in [1.165, 1.54) is 45.1 Å². The first-order chi connectivity index (χ1) is 11.2. The first-order valence-electron chi connectivity index (χ1n) is 8.62. The monoisotopic (exact) mass is 317 g/mol. The van der Waals surface area contributed by atoms with Gasteiger partial charge in [-0.3, -0.25) is 4.79 Å². The van der Waals surface area contributed by atoms with Gasteiger partial charge in [0.15, 0.2) is 0 Å². The number of likely N-dealkylation sites (N-methyl/N-ethyl adjacent to an activating group) is 1. The van der Waals surface area contributed by atoms with Gasteiger partial charge in [-0.2, -0.15) is 0 Å². The number of carboxylic acid groups (broad SMARTS) is 1. The Hall–Kier alpha value is -1.55. The normalized spacial score (nSPS) is 31.9. The summed E-state index contributed by atoms with van der Waals surface area (Å²) in [5.41, 5.74) is 3.67. The number of rotatable bonds is 1. The highest BCUT2D eigenvalue weighted by Gasteiger charge is 2.53. The SMILES string of the molecule is COc1ccc2c(c1)[C@]13CCCC[C@@H]1[C@H](C2)N(C)CC3.O=CO. The molecule has 0 amide bonds. The highest BCUT2D eigenvalue weighted by Crippen LogP contribution is 2.55. The van der Waals surface area contributed by atoms with E-state index in [9.17, 15) is 0 Å². The summed E-state index contributed by atoms with van der Waals surface area (Å²) in [6.45, 7) is 1.01. The maximum Gasteiger partial charge on any atom is 0.290 e. The minimum Gasteiger partial charge on any atom is -0.497 e. The largest absolute Gasteiger partial charge is 0.497 e. The molecule has 1 aliphatic heterocycles. The van der Waals surface area contributed by atoms with Gasteiger partial charge in [0.25, 0.3) is 6.47 Å². The summed E-state index contributed by atoms with van der Waals surface area (Å²) in [6, 6.07) is 7.60. The third-order valence-corrected chi connectivity index (χ3v) is 6.32. The standard InChI is InChI=1S/C18H25NO.CH2O2/c1-19-10-9-18-8-4-3-5-15(18)17(19)11-13-6-7-14(20-2)12-16(13)18;2-1-3/h6-7,12,15,17H,3-5,8-11H2,1-2H3;1H,(H,2,3)/t15-,17+,18+;/m1./s1. The van der Waals surface area contributed by atoms with E-state index < -0.39 is 0 Å². The summed E-state index contributed by atoms with van der Waals surface area (Å²) in [7, 11) is 4.12. The van der Waals surface area contributed by atoms with E-state index >= 15 is 0 Å². The van der Waals surface area contributed by atoms with Crippen molar-refractivity contribution >= 4 is 6.47 Å². The molecule has 4 nitrogen and oxygen atoms in total. The summed E-state index contributed by atoms with van der Waals surface area (Å²) in [5, 5.41) is 6.89. The van der Waals surface area contributed by atoms with Crippen LogP contribution in [0, 0.1) is 5.92 Å². The molecule has 2 fully saturated rings. The average molecular weight is 317 g/mol. The van der Waals surface area contributed by atoms with Crippen molar-refractivity contribution in [3.8, 4) is 5.75 Å². The van der Waals surface area contributed by atoms with Gasteiger partial charge in [0.2, 0.25) is 0 Å². The molecule has 1 aromatic rings. The van der Waals surface area contributed by atoms with Crippen LogP contribution >= 0.6 is 0 Å². The third kappa shape index (κ3) is 2.63. The van der Waals surface area contributed by atoms with Crippen LogP contribution in [0.1, 0.15) is 43.2 Å². The molecule has 0 radical (unpaired) electrons. The van der Waals surface area contributed by atoms with E-state index in [2.05, 4.69) is 30.1 Å². The Balaban J connectivity index is 0.000000485. The van der Waals surface area contributed by atoms with Gasteiger partial charge in [0.1, 0.15) is 5.75 Å². The summed E-state index contributed by atoms with van der Waals surface area (Å²) >= 11 is 0. The predicted molar refractivity (Wildman–Crippen MR) is 90.1 cm³/mol. The minimum atomic E-state index is -0.250. The lowest BCUT2D eigenvalue weighted by atomic mass is 9.52. The first-order valence-corrected chi connectivity index (χ1v) is 8.62. The number of piperidine rings is 1. The highest BCUT2D eigenvalue weighted by molar-refractivity contribution is 5.45. The second kappa shape index (κ2) is 6.52. The fraction of sp³-hybridized carbons (Fsp3) is 0.632. The van der Waals surface area contributed by atoms with Crippen molar-refractivity contribution in [1.29, 1.82) is 0 Å². The second-order valence-electron chi connectivity index (χ2n) is 7.14. The first kappa shape index (κ1) is 16.3. The number of likely N-dealkylation sites (tertiary alicyclic amines) is 1. The van der Waals surface area contributed by atoms with Crippen LogP contribution in [-0.2, 0) is 16.6 Å². The molecule has 2 aliphatic carbocycles. The molecule has 0 aromatic heterocycles. The van der Waals surface area contributed by atoms with Gasteiger partial charge in [-0.25, -0.2) is 0 Å². The number of methoxy groups -OCH3 is 1. The summed E-state index contributed by atoms with van der Waals surface area (Å²) < 4.78 is 5.51. The van der Waals surface area contributed by atoms with Crippen molar-refractivity contribution in [3.05, 3.63) is 29.3 Å². The molecule has 1 saturated heterocycles. The van der Waals surface area contributed by atoms with Crippen LogP contribution < -0.4 is 4.74 Å². The van der Waals surface area contributed by atoms with Crippen LogP contribution in [0.4, 0.5) is 0 Å². The van der Waals surface area contributed by atoms with E-state index in [0.717, 1.165) is 17.7 Å². The number of ether oxygens (including phenoxy) is 1. The van der Waals surface area contributed by atoms with E-state index in [0.29, 0.717) is 5.41 Å². The maximum atomic E-state index is 8.36. The van der Waals surface area contributed by atoms with Gasteiger partial charge in [-0.05, 0) is 68.5 Å². The third-order valence-electron chi connectivity index (χ3n) is 6.32. The Morgan fingerprint density at radius 2 is 2.13 bits per heavy atom. The van der Waals surface area contributed by atoms with E-state index in [-0.39, 0.29) is 6.47 Å². The summed E-state index contributed by atoms with van der Waals surface area (Å²) in [6.07, 6.45) is 8.22. The van der Waals surface area contributed by atoms with Crippen LogP contribution in [0.15, 0.2) is 18.2 Å². The molecule has 126 valence electrons. The van der Waals surface area contributed by atoms with Gasteiger partial charge in [-0.1, -0.05) is 18.9 Å². The molecule has 1 aromatic carbocycles. The summed E-state index contributed by atoms with van der Waals surface area (Å²) in [4.78, 5) is 11.0. The number of carbonyl (C=O) groups is 1. The molecule has 23 heavy (non-hydrogen) atoms. The number of benzene rings is 1. The molecule has 1 saturated carbocycles. The van der Waals surface area contributed by atoms with Crippen LogP contribution in [0.5, 0.6) is 5.75 Å². The van der Waals surface area contributed by atoms with Gasteiger partial charge < -0.3 is 14.7 Å². The lowest BCUT2D eigenvalue weighted by molar-refractivity contribution is -0.122. The van der Waals surface area contributed by atoms with E-state index in [1.807, 2.05) is 0 Å². The van der Waals surface area contributed by atoms with Crippen LogP contribution in [0.3, 0.4) is 0 Å². The predicted octanol–water partition coefficient (Wildman–Crippen LogP) is 3.08.